The first kappa shape index (κ1) is 18.2. The molecule has 0 fully saturated rings. The number of halogens is 1. The molecule has 2 rings (SSSR count). The lowest BCUT2D eigenvalue weighted by Crippen LogP contribution is -2.36. The normalized spacial score (nSPS) is 10.3. The predicted molar refractivity (Wildman–Crippen MR) is 87.9 cm³/mol. The molecule has 3 N–H and O–H groups in total. The van der Waals surface area contributed by atoms with Gasteiger partial charge in [0.15, 0.2) is 0 Å². The monoisotopic (exact) mass is 324 g/mol. The molecule has 0 aliphatic carbocycles. The first-order chi connectivity index (χ1) is 10.2. The number of hydrogen-bond donors (Lipinski definition) is 2. The highest BCUT2D eigenvalue weighted by atomic mass is 35.5. The Morgan fingerprint density at radius 2 is 2.09 bits per heavy atom. The maximum atomic E-state index is 12.0. The molecule has 7 heteroatoms. The minimum atomic E-state index is -0.143. The number of nitrogens with one attached hydrogen (secondary N) is 1. The van der Waals surface area contributed by atoms with Gasteiger partial charge in [-0.05, 0) is 12.5 Å². The molecule has 6 nitrogen and oxygen atoms in total. The SMILES string of the molecule is Cc1cc(NC(=O)CN(CCN)Cc2ccccc2)on1.Cl. The van der Waals surface area contributed by atoms with Gasteiger partial charge in [-0.1, -0.05) is 35.5 Å². The number of nitrogens with zero attached hydrogens (tertiary/aromatic N) is 2. The van der Waals surface area contributed by atoms with Gasteiger partial charge in [-0.3, -0.25) is 15.0 Å². The maximum Gasteiger partial charge on any atom is 0.240 e. The van der Waals surface area contributed by atoms with Crippen LogP contribution >= 0.6 is 12.4 Å². The first-order valence-corrected chi connectivity index (χ1v) is 6.87. The van der Waals surface area contributed by atoms with Crippen LogP contribution < -0.4 is 11.1 Å². The van der Waals surface area contributed by atoms with E-state index in [4.69, 9.17) is 10.3 Å². The van der Waals surface area contributed by atoms with E-state index in [0.717, 1.165) is 11.3 Å². The van der Waals surface area contributed by atoms with Crippen molar-refractivity contribution in [2.45, 2.75) is 13.5 Å². The molecule has 0 bridgehead atoms. The average molecular weight is 325 g/mol. The molecular formula is C15H21ClN4O2. The molecule has 1 aromatic carbocycles. The summed E-state index contributed by atoms with van der Waals surface area (Å²) in [6.07, 6.45) is 0. The van der Waals surface area contributed by atoms with Crippen LogP contribution in [-0.4, -0.2) is 35.6 Å². The van der Waals surface area contributed by atoms with Crippen molar-refractivity contribution in [2.24, 2.45) is 5.73 Å². The van der Waals surface area contributed by atoms with E-state index in [9.17, 15) is 4.79 Å². The van der Waals surface area contributed by atoms with Gasteiger partial charge in [0.25, 0.3) is 0 Å². The van der Waals surface area contributed by atoms with Crippen molar-refractivity contribution in [1.29, 1.82) is 0 Å². The van der Waals surface area contributed by atoms with Crippen LogP contribution in [0.5, 0.6) is 0 Å². The number of rotatable bonds is 7. The summed E-state index contributed by atoms with van der Waals surface area (Å²) in [5.74, 6) is 0.223. The number of amides is 1. The lowest BCUT2D eigenvalue weighted by Gasteiger charge is -2.20. The largest absolute Gasteiger partial charge is 0.338 e. The molecule has 1 aromatic heterocycles. The maximum absolute atomic E-state index is 12.0. The number of hydrogen-bond acceptors (Lipinski definition) is 5. The highest BCUT2D eigenvalue weighted by Gasteiger charge is 2.12. The number of nitrogens with two attached hydrogens (primary N) is 1. The van der Waals surface area contributed by atoms with Crippen molar-refractivity contribution in [3.05, 3.63) is 47.7 Å². The second kappa shape index (κ2) is 9.19. The van der Waals surface area contributed by atoms with Crippen LogP contribution in [0.2, 0.25) is 0 Å². The number of carbonyl (C=O) groups excluding carboxylic acids is 1. The molecule has 0 unspecified atom stereocenters. The van der Waals surface area contributed by atoms with Gasteiger partial charge in [0.2, 0.25) is 11.8 Å². The van der Waals surface area contributed by atoms with Crippen LogP contribution in [0.4, 0.5) is 5.88 Å². The zero-order chi connectivity index (χ0) is 15.1. The van der Waals surface area contributed by atoms with Crippen LogP contribution in [0, 0.1) is 6.92 Å². The summed E-state index contributed by atoms with van der Waals surface area (Å²) in [4.78, 5) is 14.0. The number of anilines is 1. The molecule has 1 heterocycles. The van der Waals surface area contributed by atoms with Gasteiger partial charge in [-0.2, -0.15) is 0 Å². The van der Waals surface area contributed by atoms with E-state index in [-0.39, 0.29) is 24.9 Å². The fourth-order valence-corrected chi connectivity index (χ4v) is 2.04. The van der Waals surface area contributed by atoms with E-state index >= 15 is 0 Å². The molecule has 0 radical (unpaired) electrons. The van der Waals surface area contributed by atoms with Crippen molar-refractivity contribution in [2.75, 3.05) is 25.0 Å². The number of carbonyl (C=O) groups is 1. The van der Waals surface area contributed by atoms with Crippen LogP contribution in [-0.2, 0) is 11.3 Å². The molecule has 120 valence electrons. The Morgan fingerprint density at radius 1 is 1.36 bits per heavy atom. The fourth-order valence-electron chi connectivity index (χ4n) is 2.04. The number of aryl methyl sites for hydroxylation is 1. The first-order valence-electron chi connectivity index (χ1n) is 6.87. The molecule has 0 aliphatic rings. The number of benzene rings is 1. The van der Waals surface area contributed by atoms with Crippen molar-refractivity contribution in [1.82, 2.24) is 10.1 Å². The second-order valence-electron chi connectivity index (χ2n) is 4.87. The summed E-state index contributed by atoms with van der Waals surface area (Å²) in [7, 11) is 0. The van der Waals surface area contributed by atoms with E-state index in [1.165, 1.54) is 0 Å². The summed E-state index contributed by atoms with van der Waals surface area (Å²) in [6, 6.07) is 11.7. The second-order valence-corrected chi connectivity index (χ2v) is 4.87. The van der Waals surface area contributed by atoms with Gasteiger partial charge in [-0.15, -0.1) is 12.4 Å². The predicted octanol–water partition coefficient (Wildman–Crippen LogP) is 1.80. The Balaban J connectivity index is 0.00000242. The quantitative estimate of drug-likeness (QED) is 0.811. The zero-order valence-electron chi connectivity index (χ0n) is 12.5. The summed E-state index contributed by atoms with van der Waals surface area (Å²) in [5.41, 5.74) is 7.49. The molecular weight excluding hydrogens is 304 g/mol. The van der Waals surface area contributed by atoms with Crippen molar-refractivity contribution in [3.63, 3.8) is 0 Å². The molecule has 0 aliphatic heterocycles. The smallest absolute Gasteiger partial charge is 0.240 e. The minimum Gasteiger partial charge on any atom is -0.338 e. The molecule has 0 saturated carbocycles. The van der Waals surface area contributed by atoms with E-state index in [0.29, 0.717) is 25.5 Å². The Labute approximate surface area is 136 Å². The van der Waals surface area contributed by atoms with Gasteiger partial charge < -0.3 is 10.3 Å². The van der Waals surface area contributed by atoms with E-state index in [1.54, 1.807) is 13.0 Å². The standard InChI is InChI=1S/C15H20N4O2.ClH/c1-12-9-15(21-18-12)17-14(20)11-19(8-7-16)10-13-5-3-2-4-6-13;/h2-6,9H,7-8,10-11,16H2,1H3,(H,17,20);1H. The van der Waals surface area contributed by atoms with E-state index < -0.39 is 0 Å². The topological polar surface area (TPSA) is 84.4 Å². The summed E-state index contributed by atoms with van der Waals surface area (Å²) in [5, 5.41) is 6.42. The lowest BCUT2D eigenvalue weighted by molar-refractivity contribution is -0.117. The Hall–Kier alpha value is -1.89. The van der Waals surface area contributed by atoms with Gasteiger partial charge >= 0.3 is 0 Å². The Morgan fingerprint density at radius 3 is 2.68 bits per heavy atom. The van der Waals surface area contributed by atoms with Gasteiger partial charge in [0.1, 0.15) is 0 Å². The van der Waals surface area contributed by atoms with Crippen LogP contribution in [0.1, 0.15) is 11.3 Å². The van der Waals surface area contributed by atoms with Crippen LogP contribution in [0.3, 0.4) is 0 Å². The molecule has 22 heavy (non-hydrogen) atoms. The van der Waals surface area contributed by atoms with Gasteiger partial charge in [0.05, 0.1) is 12.2 Å². The third-order valence-corrected chi connectivity index (χ3v) is 2.95. The molecule has 0 saturated heterocycles. The third kappa shape index (κ3) is 5.85. The Bertz CT molecular complexity index is 574. The molecule has 1 amide bonds. The lowest BCUT2D eigenvalue weighted by atomic mass is 10.2. The average Bonchev–Trinajstić information content (AvgIpc) is 2.85. The van der Waals surface area contributed by atoms with Gasteiger partial charge in [-0.25, -0.2) is 0 Å². The summed E-state index contributed by atoms with van der Waals surface area (Å²) in [6.45, 7) is 3.89. The van der Waals surface area contributed by atoms with Gasteiger partial charge in [0, 0.05) is 25.7 Å². The number of aromatic nitrogens is 1. The highest BCUT2D eigenvalue weighted by Crippen LogP contribution is 2.09. The van der Waals surface area contributed by atoms with Crippen molar-refractivity contribution >= 4 is 24.2 Å². The van der Waals surface area contributed by atoms with Crippen molar-refractivity contribution < 1.29 is 9.32 Å². The Kier molecular flexibility index (Phi) is 7.59. The minimum absolute atomic E-state index is 0. The summed E-state index contributed by atoms with van der Waals surface area (Å²) >= 11 is 0. The molecule has 0 spiro atoms. The molecule has 2 aromatic rings. The highest BCUT2D eigenvalue weighted by molar-refractivity contribution is 5.90. The van der Waals surface area contributed by atoms with E-state index in [1.807, 2.05) is 35.2 Å². The zero-order valence-corrected chi connectivity index (χ0v) is 13.3. The summed E-state index contributed by atoms with van der Waals surface area (Å²) < 4.78 is 4.97. The van der Waals surface area contributed by atoms with Crippen LogP contribution in [0.25, 0.3) is 0 Å². The fraction of sp³-hybridized carbons (Fsp3) is 0.333. The third-order valence-electron chi connectivity index (χ3n) is 2.95. The van der Waals surface area contributed by atoms with Crippen molar-refractivity contribution in [3.8, 4) is 0 Å². The molecule has 0 atom stereocenters. The van der Waals surface area contributed by atoms with E-state index in [2.05, 4.69) is 10.5 Å². The van der Waals surface area contributed by atoms with Crippen LogP contribution in [0.15, 0.2) is 40.9 Å².